The Morgan fingerprint density at radius 3 is 2.38 bits per heavy atom. The fourth-order valence-corrected chi connectivity index (χ4v) is 5.03. The van der Waals surface area contributed by atoms with Gasteiger partial charge in [0.2, 0.25) is 5.91 Å². The summed E-state index contributed by atoms with van der Waals surface area (Å²) in [7, 11) is 0. The van der Waals surface area contributed by atoms with Crippen molar-refractivity contribution in [2.45, 2.75) is 38.8 Å². The number of unbranched alkanes of at least 4 members (excludes halogenated alkanes) is 1. The molecular weight excluding hydrogens is 492 g/mol. The van der Waals surface area contributed by atoms with Crippen LogP contribution in [0.2, 0.25) is 5.02 Å². The van der Waals surface area contributed by atoms with Crippen LogP contribution in [0, 0.1) is 5.92 Å². The van der Waals surface area contributed by atoms with Crippen molar-refractivity contribution in [3.63, 3.8) is 0 Å². The van der Waals surface area contributed by atoms with Gasteiger partial charge in [0, 0.05) is 5.02 Å². The first-order valence-electron chi connectivity index (χ1n) is 12.6. The minimum atomic E-state index is -0.965. The lowest BCUT2D eigenvalue weighted by Gasteiger charge is -2.29. The van der Waals surface area contributed by atoms with E-state index < -0.39 is 24.0 Å². The van der Waals surface area contributed by atoms with Crippen LogP contribution in [-0.2, 0) is 14.4 Å². The average Bonchev–Trinajstić information content (AvgIpc) is 3.41. The number of benzene rings is 3. The van der Waals surface area contributed by atoms with E-state index in [2.05, 4.69) is 6.92 Å². The topological polar surface area (TPSA) is 68.3 Å². The van der Waals surface area contributed by atoms with Crippen molar-refractivity contribution in [1.29, 1.82) is 0 Å². The molecule has 0 unspecified atom stereocenters. The Morgan fingerprint density at radius 1 is 0.865 bits per heavy atom. The molecule has 3 atom stereocenters. The molecule has 2 amide bonds. The molecule has 5 rings (SSSR count). The zero-order valence-corrected chi connectivity index (χ0v) is 21.6. The van der Waals surface area contributed by atoms with Crippen LogP contribution in [0.25, 0.3) is 0 Å². The molecular formula is C29H29ClN2O5. The molecule has 0 saturated carbocycles. The van der Waals surface area contributed by atoms with E-state index >= 15 is 0 Å². The van der Waals surface area contributed by atoms with E-state index in [0.29, 0.717) is 35.4 Å². The van der Waals surface area contributed by atoms with Crippen LogP contribution >= 0.6 is 11.6 Å². The second kappa shape index (κ2) is 10.8. The van der Waals surface area contributed by atoms with E-state index in [0.717, 1.165) is 24.1 Å². The summed E-state index contributed by atoms with van der Waals surface area (Å²) in [6, 6.07) is 21.3. The van der Waals surface area contributed by atoms with Gasteiger partial charge in [-0.05, 0) is 61.4 Å². The molecule has 2 aliphatic rings. The van der Waals surface area contributed by atoms with Gasteiger partial charge in [0.05, 0.1) is 30.6 Å². The molecule has 0 radical (unpaired) electrons. The zero-order chi connectivity index (χ0) is 25.9. The fraction of sp³-hybridized carbons (Fsp3) is 0.310. The second-order valence-electron chi connectivity index (χ2n) is 8.99. The molecule has 37 heavy (non-hydrogen) atoms. The molecule has 0 spiro atoms. The Morgan fingerprint density at radius 2 is 1.65 bits per heavy atom. The molecule has 0 aromatic heterocycles. The number of imide groups is 1. The number of fused-ring (bicyclic) bond motifs is 1. The molecule has 2 saturated heterocycles. The zero-order valence-electron chi connectivity index (χ0n) is 20.8. The highest BCUT2D eigenvalue weighted by Gasteiger charge is 2.60. The quantitative estimate of drug-likeness (QED) is 0.256. The molecule has 3 aromatic carbocycles. The third kappa shape index (κ3) is 4.77. The van der Waals surface area contributed by atoms with Crippen molar-refractivity contribution in [1.82, 2.24) is 0 Å². The first-order valence-corrected chi connectivity index (χ1v) is 12.9. The normalized spacial score (nSPS) is 20.9. The van der Waals surface area contributed by atoms with E-state index in [-0.39, 0.29) is 5.91 Å². The van der Waals surface area contributed by atoms with Gasteiger partial charge in [0.15, 0.2) is 17.6 Å². The van der Waals surface area contributed by atoms with Crippen molar-refractivity contribution in [3.8, 4) is 11.5 Å². The third-order valence-corrected chi connectivity index (χ3v) is 6.79. The Bertz CT molecular complexity index is 1280. The number of anilines is 2. The summed E-state index contributed by atoms with van der Waals surface area (Å²) in [5.41, 5.74) is 1.97. The minimum absolute atomic E-state index is 0.332. The number of hydrogen-bond donors (Lipinski definition) is 0. The molecule has 192 valence electrons. The highest BCUT2D eigenvalue weighted by molar-refractivity contribution is 6.31. The Hall–Kier alpha value is -3.55. The van der Waals surface area contributed by atoms with E-state index in [1.165, 1.54) is 4.90 Å². The SMILES string of the molecule is CCCCOc1ccc([C@H]2[C@H]3C(=O)N(c4cccc(Cl)c4)C(=O)[C@H]3ON2c2ccccc2)cc1OCC. The molecule has 2 fully saturated rings. The molecule has 2 heterocycles. The van der Waals surface area contributed by atoms with Crippen LogP contribution in [0.5, 0.6) is 11.5 Å². The van der Waals surface area contributed by atoms with E-state index in [1.54, 1.807) is 29.3 Å². The standard InChI is InChI=1S/C29H29ClN2O5/c1-3-5-16-36-23-15-14-19(17-24(23)35-4-2)26-25-27(37-32(26)21-11-7-6-8-12-21)29(34)31(28(25)33)22-13-9-10-20(30)18-22/h6-15,17-18,25-27H,3-5,16H2,1-2H3/t25-,26+,27+/m1/s1. The molecule has 3 aromatic rings. The number of rotatable bonds is 9. The van der Waals surface area contributed by atoms with Gasteiger partial charge >= 0.3 is 0 Å². The van der Waals surface area contributed by atoms with Gasteiger partial charge in [-0.1, -0.05) is 55.3 Å². The highest BCUT2D eigenvalue weighted by atomic mass is 35.5. The Balaban J connectivity index is 1.55. The summed E-state index contributed by atoms with van der Waals surface area (Å²) < 4.78 is 11.9. The largest absolute Gasteiger partial charge is 0.490 e. The number of carbonyl (C=O) groups is 2. The maximum absolute atomic E-state index is 13.8. The van der Waals surface area contributed by atoms with E-state index in [1.807, 2.05) is 55.5 Å². The van der Waals surface area contributed by atoms with Crippen LogP contribution in [0.15, 0.2) is 72.8 Å². The van der Waals surface area contributed by atoms with Crippen LogP contribution in [0.1, 0.15) is 38.3 Å². The Labute approximate surface area is 221 Å². The highest BCUT2D eigenvalue weighted by Crippen LogP contribution is 2.48. The van der Waals surface area contributed by atoms with E-state index in [4.69, 9.17) is 25.9 Å². The number of hydrogen-bond acceptors (Lipinski definition) is 6. The van der Waals surface area contributed by atoms with Gasteiger partial charge in [-0.25, -0.2) is 9.96 Å². The first-order chi connectivity index (χ1) is 18.0. The lowest BCUT2D eigenvalue weighted by molar-refractivity contribution is -0.126. The number of carbonyl (C=O) groups excluding carboxylic acids is 2. The van der Waals surface area contributed by atoms with Crippen molar-refractivity contribution in [2.75, 3.05) is 23.2 Å². The smallest absolute Gasteiger partial charge is 0.266 e. The predicted octanol–water partition coefficient (Wildman–Crippen LogP) is 5.97. The maximum atomic E-state index is 13.8. The van der Waals surface area contributed by atoms with E-state index in [9.17, 15) is 9.59 Å². The van der Waals surface area contributed by atoms with Gasteiger partial charge in [0.1, 0.15) is 5.92 Å². The number of amides is 2. The van der Waals surface area contributed by atoms with Crippen molar-refractivity contribution >= 4 is 34.8 Å². The summed E-state index contributed by atoms with van der Waals surface area (Å²) in [6.07, 6.45) is 0.994. The maximum Gasteiger partial charge on any atom is 0.266 e. The third-order valence-electron chi connectivity index (χ3n) is 6.56. The second-order valence-corrected chi connectivity index (χ2v) is 9.43. The van der Waals surface area contributed by atoms with Gasteiger partial charge in [-0.15, -0.1) is 0 Å². The minimum Gasteiger partial charge on any atom is -0.490 e. The lowest BCUT2D eigenvalue weighted by atomic mass is 9.90. The van der Waals surface area contributed by atoms with Crippen LogP contribution in [0.3, 0.4) is 0 Å². The van der Waals surface area contributed by atoms with Gasteiger partial charge in [-0.2, -0.15) is 0 Å². The molecule has 8 heteroatoms. The van der Waals surface area contributed by atoms with Crippen molar-refractivity contribution in [2.24, 2.45) is 5.92 Å². The monoisotopic (exact) mass is 520 g/mol. The van der Waals surface area contributed by atoms with Crippen LogP contribution < -0.4 is 19.4 Å². The summed E-state index contributed by atoms with van der Waals surface area (Å²) >= 11 is 6.16. The average molecular weight is 521 g/mol. The summed E-state index contributed by atoms with van der Waals surface area (Å²) in [4.78, 5) is 34.7. The number of halogens is 1. The fourth-order valence-electron chi connectivity index (χ4n) is 4.84. The molecule has 0 aliphatic carbocycles. The van der Waals surface area contributed by atoms with Crippen LogP contribution in [-0.4, -0.2) is 31.1 Å². The lowest BCUT2D eigenvalue weighted by Crippen LogP contribution is -2.37. The van der Waals surface area contributed by atoms with Crippen molar-refractivity contribution in [3.05, 3.63) is 83.4 Å². The molecule has 7 nitrogen and oxygen atoms in total. The molecule has 2 aliphatic heterocycles. The summed E-state index contributed by atoms with van der Waals surface area (Å²) in [5.74, 6) is -0.258. The number of hydroxylamine groups is 1. The van der Waals surface area contributed by atoms with Gasteiger partial charge in [0.25, 0.3) is 5.91 Å². The summed E-state index contributed by atoms with van der Waals surface area (Å²) in [6.45, 7) is 5.07. The van der Waals surface area contributed by atoms with Crippen molar-refractivity contribution < 1.29 is 23.9 Å². The van der Waals surface area contributed by atoms with Gasteiger partial charge < -0.3 is 9.47 Å². The number of nitrogens with zero attached hydrogens (tertiary/aromatic N) is 2. The number of ether oxygens (including phenoxy) is 2. The molecule has 0 bridgehead atoms. The number of para-hydroxylation sites is 1. The molecule has 0 N–H and O–H groups in total. The Kier molecular flexibility index (Phi) is 7.35. The predicted molar refractivity (Wildman–Crippen MR) is 142 cm³/mol. The van der Waals surface area contributed by atoms with Gasteiger partial charge in [-0.3, -0.25) is 14.4 Å². The summed E-state index contributed by atoms with van der Waals surface area (Å²) in [5, 5.41) is 2.11. The van der Waals surface area contributed by atoms with Crippen LogP contribution in [0.4, 0.5) is 11.4 Å². The first kappa shape index (κ1) is 25.1.